The molecule has 1 unspecified atom stereocenters. The number of fused-ring (bicyclic) bond motifs is 1. The normalized spacial score (nSPS) is 12.3. The van der Waals surface area contributed by atoms with Crippen molar-refractivity contribution in [2.75, 3.05) is 7.05 Å². The first-order valence-corrected chi connectivity index (χ1v) is 8.64. The van der Waals surface area contributed by atoms with Crippen LogP contribution in [0.5, 0.6) is 0 Å². The van der Waals surface area contributed by atoms with E-state index in [1.54, 1.807) is 47.2 Å². The fraction of sp³-hybridized carbons (Fsp3) is 0.316. The van der Waals surface area contributed by atoms with E-state index in [1.807, 2.05) is 20.8 Å². The van der Waals surface area contributed by atoms with Crippen LogP contribution in [0.2, 0.25) is 0 Å². The third-order valence-corrected chi connectivity index (χ3v) is 4.63. The number of hydrogen-bond donors (Lipinski definition) is 0. The van der Waals surface area contributed by atoms with E-state index in [9.17, 15) is 14.9 Å². The minimum Gasteiger partial charge on any atom is -0.335 e. The maximum Gasteiger partial charge on any atom is 0.269 e. The zero-order valence-corrected chi connectivity index (χ0v) is 15.7. The summed E-state index contributed by atoms with van der Waals surface area (Å²) in [6, 6.07) is 7.93. The second kappa shape index (κ2) is 7.14. The van der Waals surface area contributed by atoms with Gasteiger partial charge in [0.15, 0.2) is 5.65 Å². The minimum absolute atomic E-state index is 0.00406. The predicted octanol–water partition coefficient (Wildman–Crippen LogP) is 3.75. The maximum absolute atomic E-state index is 12.9. The molecule has 1 amide bonds. The van der Waals surface area contributed by atoms with Crippen molar-refractivity contribution >= 4 is 22.6 Å². The van der Waals surface area contributed by atoms with Crippen LogP contribution in [0.15, 0.2) is 42.7 Å². The van der Waals surface area contributed by atoms with Gasteiger partial charge < -0.3 is 4.90 Å². The number of rotatable bonds is 5. The number of amides is 1. The van der Waals surface area contributed by atoms with E-state index in [0.29, 0.717) is 11.1 Å². The summed E-state index contributed by atoms with van der Waals surface area (Å²) in [5.74, 6) is -0.208. The molecule has 0 spiro atoms. The molecule has 0 aliphatic rings. The third-order valence-electron chi connectivity index (χ3n) is 4.63. The first-order chi connectivity index (χ1) is 12.8. The monoisotopic (exact) mass is 367 g/mol. The van der Waals surface area contributed by atoms with Crippen LogP contribution in [0.4, 0.5) is 5.69 Å². The lowest BCUT2D eigenvalue weighted by atomic mass is 10.1. The first kappa shape index (κ1) is 18.5. The molecular weight excluding hydrogens is 346 g/mol. The van der Waals surface area contributed by atoms with Crippen LogP contribution in [-0.2, 0) is 0 Å². The molecule has 1 aromatic carbocycles. The highest BCUT2D eigenvalue weighted by molar-refractivity contribution is 5.96. The second-order valence-corrected chi connectivity index (χ2v) is 6.76. The molecule has 8 nitrogen and oxygen atoms in total. The highest BCUT2D eigenvalue weighted by atomic mass is 16.6. The lowest BCUT2D eigenvalue weighted by Gasteiger charge is -2.25. The van der Waals surface area contributed by atoms with Crippen molar-refractivity contribution in [2.24, 2.45) is 0 Å². The topological polar surface area (TPSA) is 94.2 Å². The molecule has 0 aliphatic carbocycles. The standard InChI is InChI=1S/C19H21N5O3/c1-12(2)23-18-15(11-21-23)8-16(10-20-18)19(25)22(4)13(3)14-6-5-7-17(9-14)24(26)27/h5-13H,1-4H3. The second-order valence-electron chi connectivity index (χ2n) is 6.76. The van der Waals surface area contributed by atoms with Crippen molar-refractivity contribution in [1.29, 1.82) is 0 Å². The molecule has 27 heavy (non-hydrogen) atoms. The van der Waals surface area contributed by atoms with E-state index < -0.39 is 4.92 Å². The van der Waals surface area contributed by atoms with Gasteiger partial charge in [-0.2, -0.15) is 5.10 Å². The molecule has 0 fully saturated rings. The first-order valence-electron chi connectivity index (χ1n) is 8.64. The molecule has 2 heterocycles. The quantitative estimate of drug-likeness (QED) is 0.505. The number of nitrogens with zero attached hydrogens (tertiary/aromatic N) is 5. The van der Waals surface area contributed by atoms with Gasteiger partial charge in [-0.3, -0.25) is 14.9 Å². The number of non-ortho nitro benzene ring substituents is 1. The molecule has 140 valence electrons. The molecule has 0 aliphatic heterocycles. The van der Waals surface area contributed by atoms with Gasteiger partial charge in [0.25, 0.3) is 11.6 Å². The third kappa shape index (κ3) is 3.51. The number of carbonyl (C=O) groups is 1. The number of hydrogen-bond acceptors (Lipinski definition) is 5. The van der Waals surface area contributed by atoms with Crippen LogP contribution in [0.3, 0.4) is 0 Å². The number of carbonyl (C=O) groups excluding carboxylic acids is 1. The smallest absolute Gasteiger partial charge is 0.269 e. The van der Waals surface area contributed by atoms with Crippen LogP contribution in [0.1, 0.15) is 48.8 Å². The molecular formula is C19H21N5O3. The number of nitro benzene ring substituents is 1. The van der Waals surface area contributed by atoms with E-state index in [0.717, 1.165) is 11.0 Å². The van der Waals surface area contributed by atoms with E-state index in [-0.39, 0.29) is 23.7 Å². The molecule has 3 aromatic rings. The SMILES string of the molecule is CC(c1cccc([N+](=O)[O-])c1)N(C)C(=O)c1cnc2c(cnn2C(C)C)c1. The summed E-state index contributed by atoms with van der Waals surface area (Å²) < 4.78 is 1.80. The average molecular weight is 367 g/mol. The van der Waals surface area contributed by atoms with E-state index in [1.165, 1.54) is 12.1 Å². The molecule has 2 aromatic heterocycles. The van der Waals surface area contributed by atoms with Gasteiger partial charge in [-0.1, -0.05) is 12.1 Å². The van der Waals surface area contributed by atoms with Crippen molar-refractivity contribution in [2.45, 2.75) is 32.9 Å². The maximum atomic E-state index is 12.9. The Morgan fingerprint density at radius 2 is 1.96 bits per heavy atom. The number of benzene rings is 1. The van der Waals surface area contributed by atoms with Crippen molar-refractivity contribution in [3.05, 3.63) is 64.0 Å². The highest BCUT2D eigenvalue weighted by Crippen LogP contribution is 2.25. The molecule has 1 atom stereocenters. The summed E-state index contributed by atoms with van der Waals surface area (Å²) in [6.07, 6.45) is 3.24. The largest absolute Gasteiger partial charge is 0.335 e. The van der Waals surface area contributed by atoms with E-state index >= 15 is 0 Å². The van der Waals surface area contributed by atoms with Crippen molar-refractivity contribution in [1.82, 2.24) is 19.7 Å². The lowest BCUT2D eigenvalue weighted by Crippen LogP contribution is -2.29. The zero-order chi connectivity index (χ0) is 19.7. The summed E-state index contributed by atoms with van der Waals surface area (Å²) in [6.45, 7) is 5.86. The van der Waals surface area contributed by atoms with Crippen LogP contribution in [0, 0.1) is 10.1 Å². The Morgan fingerprint density at radius 3 is 2.63 bits per heavy atom. The van der Waals surface area contributed by atoms with E-state index in [2.05, 4.69) is 10.1 Å². The summed E-state index contributed by atoms with van der Waals surface area (Å²) in [5.41, 5.74) is 1.88. The molecule has 0 radical (unpaired) electrons. The van der Waals surface area contributed by atoms with Crippen molar-refractivity contribution < 1.29 is 9.72 Å². The van der Waals surface area contributed by atoms with Gasteiger partial charge in [0.1, 0.15) is 0 Å². The van der Waals surface area contributed by atoms with Crippen LogP contribution < -0.4 is 0 Å². The van der Waals surface area contributed by atoms with Gasteiger partial charge in [0.05, 0.1) is 22.7 Å². The Kier molecular flexibility index (Phi) is 4.89. The van der Waals surface area contributed by atoms with Crippen molar-refractivity contribution in [3.8, 4) is 0 Å². The number of nitro groups is 1. The molecule has 0 N–H and O–H groups in total. The Bertz CT molecular complexity index is 1010. The molecule has 0 saturated heterocycles. The zero-order valence-electron chi connectivity index (χ0n) is 15.7. The Balaban J connectivity index is 1.87. The fourth-order valence-electron chi connectivity index (χ4n) is 2.94. The van der Waals surface area contributed by atoms with Gasteiger partial charge in [-0.25, -0.2) is 9.67 Å². The van der Waals surface area contributed by atoms with Gasteiger partial charge in [-0.15, -0.1) is 0 Å². The number of pyridine rings is 1. The summed E-state index contributed by atoms with van der Waals surface area (Å²) in [7, 11) is 1.67. The number of aromatic nitrogens is 3. The molecule has 0 bridgehead atoms. The Morgan fingerprint density at radius 1 is 1.22 bits per heavy atom. The summed E-state index contributed by atoms with van der Waals surface area (Å²) >= 11 is 0. The van der Waals surface area contributed by atoms with Gasteiger partial charge in [0.2, 0.25) is 0 Å². The van der Waals surface area contributed by atoms with Gasteiger partial charge in [-0.05, 0) is 32.4 Å². The van der Waals surface area contributed by atoms with Crippen molar-refractivity contribution in [3.63, 3.8) is 0 Å². The van der Waals surface area contributed by atoms with Gasteiger partial charge in [0, 0.05) is 36.8 Å². The Hall–Kier alpha value is -3.29. The summed E-state index contributed by atoms with van der Waals surface area (Å²) in [5, 5.41) is 16.1. The molecule has 0 saturated carbocycles. The molecule has 3 rings (SSSR count). The minimum atomic E-state index is -0.442. The van der Waals surface area contributed by atoms with Crippen LogP contribution in [-0.4, -0.2) is 37.5 Å². The average Bonchev–Trinajstić information content (AvgIpc) is 3.09. The lowest BCUT2D eigenvalue weighted by molar-refractivity contribution is -0.384. The highest BCUT2D eigenvalue weighted by Gasteiger charge is 2.21. The Labute approximate surface area is 156 Å². The van der Waals surface area contributed by atoms with Crippen LogP contribution >= 0.6 is 0 Å². The van der Waals surface area contributed by atoms with Crippen LogP contribution in [0.25, 0.3) is 11.0 Å². The van der Waals surface area contributed by atoms with E-state index in [4.69, 9.17) is 0 Å². The predicted molar refractivity (Wildman–Crippen MR) is 102 cm³/mol. The molecule has 8 heteroatoms. The summed E-state index contributed by atoms with van der Waals surface area (Å²) in [4.78, 5) is 29.4. The fourth-order valence-corrected chi connectivity index (χ4v) is 2.94. The van der Waals surface area contributed by atoms with Gasteiger partial charge >= 0.3 is 0 Å².